The summed E-state index contributed by atoms with van der Waals surface area (Å²) in [6.45, 7) is 6.55. The van der Waals surface area contributed by atoms with Crippen molar-refractivity contribution in [1.29, 1.82) is 0 Å². The minimum Gasteiger partial charge on any atom is -0.493 e. The van der Waals surface area contributed by atoms with Crippen LogP contribution >= 0.6 is 0 Å². The largest absolute Gasteiger partial charge is 0.493 e. The molecule has 37 heavy (non-hydrogen) atoms. The highest BCUT2D eigenvalue weighted by Gasteiger charge is 2.44. The van der Waals surface area contributed by atoms with E-state index in [0.29, 0.717) is 24.3 Å². The average Bonchev–Trinajstić information content (AvgIpc) is 3.26. The third-order valence-corrected chi connectivity index (χ3v) is 8.35. The Balaban J connectivity index is 1.46. The van der Waals surface area contributed by atoms with Crippen molar-refractivity contribution < 1.29 is 19.1 Å². The number of carbonyl (C=O) groups excluding carboxylic acids is 2. The van der Waals surface area contributed by atoms with E-state index in [-0.39, 0.29) is 41.9 Å². The number of nitrogens with one attached hydrogen (secondary N) is 1. The summed E-state index contributed by atoms with van der Waals surface area (Å²) < 4.78 is 11.7. The second kappa shape index (κ2) is 9.82. The van der Waals surface area contributed by atoms with Crippen LogP contribution in [0.1, 0.15) is 79.2 Å². The van der Waals surface area contributed by atoms with Gasteiger partial charge in [-0.25, -0.2) is 4.99 Å². The molecule has 0 saturated carbocycles. The topological polar surface area (TPSA) is 106 Å². The number of nitrogens with two attached hydrogens (primary N) is 1. The van der Waals surface area contributed by atoms with Crippen molar-refractivity contribution in [3.05, 3.63) is 64.7 Å². The fourth-order valence-corrected chi connectivity index (χ4v) is 6.02. The molecule has 8 heteroatoms. The van der Waals surface area contributed by atoms with Crippen LogP contribution in [0.4, 0.5) is 0 Å². The molecule has 3 N–H and O–H groups in total. The Morgan fingerprint density at radius 2 is 1.97 bits per heavy atom. The first-order valence-electron chi connectivity index (χ1n) is 13.2. The van der Waals surface area contributed by atoms with Crippen molar-refractivity contribution in [3.8, 4) is 5.75 Å². The number of carbonyl (C=O) groups is 2. The second-order valence-corrected chi connectivity index (χ2v) is 10.5. The maximum absolute atomic E-state index is 13.5. The van der Waals surface area contributed by atoms with Crippen LogP contribution in [-0.2, 0) is 16.0 Å². The van der Waals surface area contributed by atoms with Gasteiger partial charge in [0, 0.05) is 30.6 Å². The first kappa shape index (κ1) is 25.3. The molecule has 5 rings (SSSR count). The van der Waals surface area contributed by atoms with E-state index in [1.165, 1.54) is 5.56 Å². The normalized spacial score (nSPS) is 26.1. The van der Waals surface area contributed by atoms with Crippen LogP contribution < -0.4 is 15.8 Å². The highest BCUT2D eigenvalue weighted by atomic mass is 16.5. The van der Waals surface area contributed by atoms with Crippen molar-refractivity contribution >= 4 is 17.8 Å². The Hall–Kier alpha value is -3.39. The standard InChI is InChI=1S/C29H36N4O4/c1-5-29(6-2)15-24(34)33(28(30)32-29)26-17(3)16-37-22-12-11-19(13-21(22)26)27(35)31-25-20-10-8-7-9-18(20)14-23(25)36-4/h7-13,17,23,25-26H,5-6,14-16H2,1-4H3,(H2,30,32)(H,31,35)/t17-,23+,25+,26+/m0/s1. The number of rotatable bonds is 6. The van der Waals surface area contributed by atoms with Crippen molar-refractivity contribution in [3.63, 3.8) is 0 Å². The number of hydrogen-bond donors (Lipinski definition) is 2. The van der Waals surface area contributed by atoms with Crippen LogP contribution in [0.25, 0.3) is 0 Å². The van der Waals surface area contributed by atoms with Gasteiger partial charge in [0.25, 0.3) is 5.91 Å². The number of benzene rings is 2. The minimum atomic E-state index is -0.452. The summed E-state index contributed by atoms with van der Waals surface area (Å²) in [5, 5.41) is 3.17. The van der Waals surface area contributed by atoms with Gasteiger partial charge in [-0.05, 0) is 42.2 Å². The summed E-state index contributed by atoms with van der Waals surface area (Å²) in [5.41, 5.74) is 9.53. The Morgan fingerprint density at radius 3 is 2.68 bits per heavy atom. The van der Waals surface area contributed by atoms with Gasteiger partial charge in [-0.3, -0.25) is 14.5 Å². The summed E-state index contributed by atoms with van der Waals surface area (Å²) in [4.78, 5) is 33.3. The molecule has 1 aliphatic carbocycles. The van der Waals surface area contributed by atoms with E-state index in [0.717, 1.165) is 30.4 Å². The lowest BCUT2D eigenvalue weighted by Gasteiger charge is -2.43. The number of aliphatic imine (C=N–C) groups is 1. The molecule has 0 aromatic heterocycles. The molecule has 0 fully saturated rings. The molecule has 196 valence electrons. The lowest BCUT2D eigenvalue weighted by molar-refractivity contribution is -0.133. The van der Waals surface area contributed by atoms with Gasteiger partial charge in [0.15, 0.2) is 5.96 Å². The lowest BCUT2D eigenvalue weighted by Crippen LogP contribution is -2.54. The maximum atomic E-state index is 13.5. The van der Waals surface area contributed by atoms with Crippen LogP contribution in [-0.4, -0.2) is 48.0 Å². The van der Waals surface area contributed by atoms with Gasteiger partial charge in [-0.2, -0.15) is 0 Å². The lowest BCUT2D eigenvalue weighted by atomic mass is 9.85. The number of methoxy groups -OCH3 is 1. The smallest absolute Gasteiger partial charge is 0.251 e. The summed E-state index contributed by atoms with van der Waals surface area (Å²) in [6, 6.07) is 12.9. The van der Waals surface area contributed by atoms with Gasteiger partial charge >= 0.3 is 0 Å². The van der Waals surface area contributed by atoms with Crippen molar-refractivity contribution in [2.24, 2.45) is 16.6 Å². The monoisotopic (exact) mass is 504 g/mol. The Bertz CT molecular complexity index is 1240. The quantitative estimate of drug-likeness (QED) is 0.621. The molecular formula is C29H36N4O4. The SMILES string of the molecule is CCC1(CC)CC(=O)N([C@H]2c3cc(C(=O)N[C@@H]4c5ccccc5C[C@H]4OC)ccc3OC[C@@H]2C)C(N)=N1. The highest BCUT2D eigenvalue weighted by molar-refractivity contribution is 6.00. The number of amides is 2. The van der Waals surface area contributed by atoms with E-state index in [1.54, 1.807) is 18.1 Å². The van der Waals surface area contributed by atoms with Gasteiger partial charge in [-0.1, -0.05) is 45.0 Å². The molecule has 2 aromatic carbocycles. The van der Waals surface area contributed by atoms with E-state index < -0.39 is 5.54 Å². The van der Waals surface area contributed by atoms with E-state index in [1.807, 2.05) is 51.1 Å². The molecule has 0 unspecified atom stereocenters. The predicted molar refractivity (Wildman–Crippen MR) is 141 cm³/mol. The Kier molecular flexibility index (Phi) is 6.70. The van der Waals surface area contributed by atoms with Gasteiger partial charge in [-0.15, -0.1) is 0 Å². The van der Waals surface area contributed by atoms with Crippen LogP contribution in [0.3, 0.4) is 0 Å². The minimum absolute atomic E-state index is 0.0288. The summed E-state index contributed by atoms with van der Waals surface area (Å²) >= 11 is 0. The van der Waals surface area contributed by atoms with Crippen molar-refractivity contribution in [2.45, 2.75) is 70.2 Å². The first-order chi connectivity index (χ1) is 17.8. The predicted octanol–water partition coefficient (Wildman–Crippen LogP) is 3.90. The summed E-state index contributed by atoms with van der Waals surface area (Å²) in [5.74, 6) is 0.625. The molecule has 2 heterocycles. The number of ether oxygens (including phenoxy) is 2. The van der Waals surface area contributed by atoms with Gasteiger partial charge in [0.05, 0.1) is 36.8 Å². The molecule has 3 aliphatic rings. The maximum Gasteiger partial charge on any atom is 0.251 e. The van der Waals surface area contributed by atoms with Crippen LogP contribution in [0.2, 0.25) is 0 Å². The molecule has 2 aliphatic heterocycles. The third kappa shape index (κ3) is 4.37. The molecule has 0 radical (unpaired) electrons. The number of fused-ring (bicyclic) bond motifs is 2. The second-order valence-electron chi connectivity index (χ2n) is 10.5. The molecule has 0 spiro atoms. The van der Waals surface area contributed by atoms with Crippen LogP contribution in [0.5, 0.6) is 5.75 Å². The molecule has 0 bridgehead atoms. The van der Waals surface area contributed by atoms with E-state index >= 15 is 0 Å². The van der Waals surface area contributed by atoms with E-state index in [2.05, 4.69) is 11.4 Å². The van der Waals surface area contributed by atoms with E-state index in [4.69, 9.17) is 20.2 Å². The third-order valence-electron chi connectivity index (χ3n) is 8.35. The summed E-state index contributed by atoms with van der Waals surface area (Å²) in [6.07, 6.45) is 2.44. The summed E-state index contributed by atoms with van der Waals surface area (Å²) in [7, 11) is 1.67. The average molecular weight is 505 g/mol. The molecule has 4 atom stereocenters. The van der Waals surface area contributed by atoms with Gasteiger partial charge < -0.3 is 20.5 Å². The zero-order chi connectivity index (χ0) is 26.3. The molecule has 8 nitrogen and oxygen atoms in total. The number of guanidine groups is 1. The molecule has 0 saturated heterocycles. The van der Waals surface area contributed by atoms with Crippen molar-refractivity contribution in [2.75, 3.05) is 13.7 Å². The molecule has 2 amide bonds. The van der Waals surface area contributed by atoms with Gasteiger partial charge in [0.2, 0.25) is 5.91 Å². The number of hydrogen-bond acceptors (Lipinski definition) is 6. The van der Waals surface area contributed by atoms with Gasteiger partial charge in [0.1, 0.15) is 5.75 Å². The van der Waals surface area contributed by atoms with Crippen molar-refractivity contribution in [1.82, 2.24) is 10.2 Å². The fourth-order valence-electron chi connectivity index (χ4n) is 6.02. The van der Waals surface area contributed by atoms with E-state index in [9.17, 15) is 9.59 Å². The molecular weight excluding hydrogens is 468 g/mol. The number of nitrogens with zero attached hydrogens (tertiary/aromatic N) is 2. The molecule has 2 aromatic rings. The fraction of sp³-hybridized carbons (Fsp3) is 0.483. The Morgan fingerprint density at radius 1 is 1.22 bits per heavy atom. The first-order valence-corrected chi connectivity index (χ1v) is 13.2. The Labute approximate surface area is 218 Å². The zero-order valence-corrected chi connectivity index (χ0v) is 22.0. The highest BCUT2D eigenvalue weighted by Crippen LogP contribution is 2.43. The van der Waals surface area contributed by atoms with Crippen LogP contribution in [0.15, 0.2) is 47.5 Å². The zero-order valence-electron chi connectivity index (χ0n) is 22.0. The van der Waals surface area contributed by atoms with Crippen LogP contribution in [0, 0.1) is 5.92 Å².